The van der Waals surface area contributed by atoms with Crippen LogP contribution in [0.15, 0.2) is 72.4 Å². The molecule has 0 saturated carbocycles. The molecule has 2 rings (SSSR count). The smallest absolute Gasteiger partial charge is 0.245 e. The molecular formula is C28H40I2N4O5. The van der Waals surface area contributed by atoms with Crippen molar-refractivity contribution in [3.05, 3.63) is 83.6 Å². The molecule has 0 bridgehead atoms. The first-order valence-electron chi connectivity index (χ1n) is 12.2. The zero-order chi connectivity index (χ0) is 28.2. The van der Waals surface area contributed by atoms with Gasteiger partial charge in [0.1, 0.15) is 5.78 Å². The van der Waals surface area contributed by atoms with E-state index in [1.807, 2.05) is 60.7 Å². The minimum absolute atomic E-state index is 0. The number of Topliss-reactive ketones (excluding diaryl/α,β-unsaturated/α-hetero) is 1. The molecule has 0 aromatic heterocycles. The van der Waals surface area contributed by atoms with Crippen LogP contribution in [-0.2, 0) is 23.9 Å². The normalized spacial score (nSPS) is 12.2. The number of ether oxygens (including phenoxy) is 2. The third-order valence-corrected chi connectivity index (χ3v) is 5.73. The van der Waals surface area contributed by atoms with Crippen LogP contribution in [0.3, 0.4) is 0 Å². The van der Waals surface area contributed by atoms with Gasteiger partial charge < -0.3 is 32.0 Å². The second kappa shape index (κ2) is 22.7. The topological polar surface area (TPSA) is 155 Å². The molecule has 2 unspecified atom stereocenters. The molecule has 2 atom stereocenters. The molecular weight excluding hydrogens is 726 g/mol. The van der Waals surface area contributed by atoms with Crippen LogP contribution in [0, 0.1) is 0 Å². The summed E-state index contributed by atoms with van der Waals surface area (Å²) in [7, 11) is 0. The molecule has 2 aromatic carbocycles. The lowest BCUT2D eigenvalue weighted by atomic mass is 10.1. The van der Waals surface area contributed by atoms with Gasteiger partial charge in [-0.15, -0.1) is 0 Å². The molecule has 2 aromatic rings. The summed E-state index contributed by atoms with van der Waals surface area (Å²) in [5, 5.41) is 5.53. The van der Waals surface area contributed by atoms with Crippen molar-refractivity contribution in [3.8, 4) is 0 Å². The van der Waals surface area contributed by atoms with E-state index in [-0.39, 0.29) is 42.4 Å². The number of benzene rings is 2. The highest BCUT2D eigenvalue weighted by atomic mass is 127. The predicted molar refractivity (Wildman–Crippen MR) is 172 cm³/mol. The van der Waals surface area contributed by atoms with Crippen LogP contribution in [0.4, 0.5) is 0 Å². The standard InChI is InChI=1S/C14H19IN2O2.C14H18INO3.H3N/c1-11(16)9-14(18)17-10-13(19-8-7-15)12-5-3-2-4-6-12;1-11(17)9-14(18)16-10-13(19-8-7-15)12-5-3-2-4-6-12;/h2-6,9,13H,7-8,10,16H2,1H3,(H,17,18);2-6,13H,7-10H2,1H3,(H,16,18);1H3/b11-9-;;. The summed E-state index contributed by atoms with van der Waals surface area (Å²) in [6, 6.07) is 19.6. The fourth-order valence-electron chi connectivity index (χ4n) is 3.20. The van der Waals surface area contributed by atoms with Crippen molar-refractivity contribution in [3.63, 3.8) is 0 Å². The van der Waals surface area contributed by atoms with Crippen LogP contribution in [0.25, 0.3) is 0 Å². The number of alkyl halides is 2. The van der Waals surface area contributed by atoms with Gasteiger partial charge >= 0.3 is 0 Å². The van der Waals surface area contributed by atoms with Crippen LogP contribution in [0.5, 0.6) is 0 Å². The van der Waals surface area contributed by atoms with Crippen LogP contribution >= 0.6 is 45.2 Å². The number of ketones is 1. The van der Waals surface area contributed by atoms with Gasteiger partial charge in [-0.3, -0.25) is 14.4 Å². The fraction of sp³-hybridized carbons (Fsp3) is 0.393. The third kappa shape index (κ3) is 18.0. The molecule has 0 saturated heterocycles. The molecule has 0 aliphatic carbocycles. The van der Waals surface area contributed by atoms with Crippen molar-refractivity contribution < 1.29 is 23.9 Å². The summed E-state index contributed by atoms with van der Waals surface area (Å²) in [6.45, 7) is 5.18. The van der Waals surface area contributed by atoms with E-state index >= 15 is 0 Å². The zero-order valence-corrected chi connectivity index (χ0v) is 26.9. The molecule has 2 amide bonds. The van der Waals surface area contributed by atoms with E-state index in [0.717, 1.165) is 20.0 Å². The maximum Gasteiger partial charge on any atom is 0.245 e. The first-order valence-corrected chi connectivity index (χ1v) is 15.2. The van der Waals surface area contributed by atoms with Crippen molar-refractivity contribution in [2.45, 2.75) is 32.5 Å². The minimum atomic E-state index is -0.258. The van der Waals surface area contributed by atoms with Crippen LogP contribution in [-0.4, -0.2) is 52.8 Å². The summed E-state index contributed by atoms with van der Waals surface area (Å²) < 4.78 is 13.3. The van der Waals surface area contributed by atoms with Crippen LogP contribution in [0.2, 0.25) is 0 Å². The first-order chi connectivity index (χ1) is 18.3. The minimum Gasteiger partial charge on any atom is -0.402 e. The molecule has 7 N–H and O–H groups in total. The van der Waals surface area contributed by atoms with Gasteiger partial charge in [0.2, 0.25) is 11.8 Å². The van der Waals surface area contributed by atoms with Gasteiger partial charge in [-0.25, -0.2) is 0 Å². The Bertz CT molecular complexity index is 990. The van der Waals surface area contributed by atoms with Crippen molar-refractivity contribution in [2.75, 3.05) is 35.2 Å². The number of allylic oxidation sites excluding steroid dienone is 1. The van der Waals surface area contributed by atoms with Gasteiger partial charge in [-0.1, -0.05) is 106 Å². The van der Waals surface area contributed by atoms with E-state index in [1.54, 1.807) is 6.92 Å². The van der Waals surface area contributed by atoms with Crippen LogP contribution in [0.1, 0.15) is 43.6 Å². The average Bonchev–Trinajstić information content (AvgIpc) is 2.89. The fourth-order valence-corrected chi connectivity index (χ4v) is 3.71. The summed E-state index contributed by atoms with van der Waals surface area (Å²) in [5.41, 5.74) is 8.03. The van der Waals surface area contributed by atoms with Crippen LogP contribution < -0.4 is 22.5 Å². The summed E-state index contributed by atoms with van der Waals surface area (Å²) in [5.74, 6) is -0.590. The number of nitrogens with one attached hydrogen (secondary N) is 2. The Morgan fingerprint density at radius 3 is 1.64 bits per heavy atom. The zero-order valence-electron chi connectivity index (χ0n) is 22.5. The average molecular weight is 766 g/mol. The Kier molecular flexibility index (Phi) is 21.5. The quantitative estimate of drug-likeness (QED) is 0.0895. The molecule has 0 radical (unpaired) electrons. The molecule has 0 spiro atoms. The molecule has 0 aliphatic heterocycles. The predicted octanol–water partition coefficient (Wildman–Crippen LogP) is 4.59. The molecule has 11 heteroatoms. The molecule has 9 nitrogen and oxygen atoms in total. The first kappa shape index (κ1) is 36.9. The Balaban J connectivity index is 0.000000722. The summed E-state index contributed by atoms with van der Waals surface area (Å²) >= 11 is 4.50. The lowest BCUT2D eigenvalue weighted by Crippen LogP contribution is -2.30. The van der Waals surface area contributed by atoms with E-state index in [2.05, 4.69) is 55.8 Å². The Labute approximate surface area is 258 Å². The molecule has 0 heterocycles. The molecule has 0 fully saturated rings. The number of hydrogen-bond donors (Lipinski definition) is 4. The SMILES string of the molecule is C/C(N)=C/C(=O)NCC(OCCI)c1ccccc1.CC(=O)CC(=O)NCC(OCCI)c1ccccc1.N. The number of hydrogen-bond acceptors (Lipinski definition) is 7. The second-order valence-electron chi connectivity index (χ2n) is 8.23. The maximum atomic E-state index is 11.5. The lowest BCUT2D eigenvalue weighted by molar-refractivity contribution is -0.127. The van der Waals surface area contributed by atoms with Gasteiger partial charge in [-0.2, -0.15) is 0 Å². The molecule has 216 valence electrons. The molecule has 39 heavy (non-hydrogen) atoms. The van der Waals surface area contributed by atoms with Crippen molar-refractivity contribution in [1.29, 1.82) is 0 Å². The van der Waals surface area contributed by atoms with Crippen molar-refractivity contribution >= 4 is 62.8 Å². The van der Waals surface area contributed by atoms with E-state index in [4.69, 9.17) is 15.2 Å². The molecule has 0 aliphatic rings. The number of carbonyl (C=O) groups is 3. The highest BCUT2D eigenvalue weighted by Crippen LogP contribution is 2.17. The van der Waals surface area contributed by atoms with E-state index in [9.17, 15) is 14.4 Å². The van der Waals surface area contributed by atoms with E-state index < -0.39 is 0 Å². The van der Waals surface area contributed by atoms with Gasteiger partial charge in [0.15, 0.2) is 0 Å². The van der Waals surface area contributed by atoms with Crippen molar-refractivity contribution in [2.24, 2.45) is 5.73 Å². The summed E-state index contributed by atoms with van der Waals surface area (Å²) in [6.07, 6.45) is 0.993. The van der Waals surface area contributed by atoms with Crippen molar-refractivity contribution in [1.82, 2.24) is 16.8 Å². The highest BCUT2D eigenvalue weighted by molar-refractivity contribution is 14.1. The summed E-state index contributed by atoms with van der Waals surface area (Å²) in [4.78, 5) is 33.9. The maximum absolute atomic E-state index is 11.5. The number of carbonyl (C=O) groups excluding carboxylic acids is 3. The largest absolute Gasteiger partial charge is 0.402 e. The number of nitrogens with two attached hydrogens (primary N) is 1. The highest BCUT2D eigenvalue weighted by Gasteiger charge is 2.14. The van der Waals surface area contributed by atoms with E-state index in [0.29, 0.717) is 32.0 Å². The van der Waals surface area contributed by atoms with Gasteiger partial charge in [0, 0.05) is 33.7 Å². The monoisotopic (exact) mass is 766 g/mol. The Morgan fingerprint density at radius 2 is 1.26 bits per heavy atom. The number of halogens is 2. The third-order valence-electron chi connectivity index (χ3n) is 4.85. The van der Waals surface area contributed by atoms with E-state index in [1.165, 1.54) is 13.0 Å². The van der Waals surface area contributed by atoms with Gasteiger partial charge in [0.05, 0.1) is 31.8 Å². The van der Waals surface area contributed by atoms with Gasteiger partial charge in [-0.05, 0) is 25.0 Å². The number of amides is 2. The Hall–Kier alpha value is -2.07. The van der Waals surface area contributed by atoms with Gasteiger partial charge in [0.25, 0.3) is 0 Å². The second-order valence-corrected chi connectivity index (χ2v) is 10.4. The lowest BCUT2D eigenvalue weighted by Gasteiger charge is -2.18. The Morgan fingerprint density at radius 1 is 0.821 bits per heavy atom. The number of rotatable bonds is 15.